The first-order valence-corrected chi connectivity index (χ1v) is 27.2. The van der Waals surface area contributed by atoms with Gasteiger partial charge in [0.15, 0.2) is 49.4 Å². The molecule has 0 N–H and O–H groups in total. The third-order valence-electron chi connectivity index (χ3n) is 13.0. The molecule has 25 nitrogen and oxygen atoms in total. The highest BCUT2D eigenvalue weighted by molar-refractivity contribution is 9.09. The summed E-state index contributed by atoms with van der Waals surface area (Å²) in [5.41, 5.74) is 1.60. The second kappa shape index (κ2) is 29.5. The maximum atomic E-state index is 14.6. The van der Waals surface area contributed by atoms with Crippen molar-refractivity contribution in [2.75, 3.05) is 31.8 Å². The van der Waals surface area contributed by atoms with Crippen LogP contribution in [0, 0.1) is 0 Å². The van der Waals surface area contributed by atoms with Crippen LogP contribution >= 0.6 is 15.9 Å². The quantitative estimate of drug-likeness (QED) is 0.0536. The summed E-state index contributed by atoms with van der Waals surface area (Å²) < 4.78 is 92.2. The average molecular weight is 1220 g/mol. The topological polar surface area (TPSA) is 295 Å². The Hall–Kier alpha value is -6.75. The van der Waals surface area contributed by atoms with Crippen molar-refractivity contribution in [3.8, 4) is 0 Å². The molecular weight excluding hydrogens is 1150 g/mol. The molecule has 82 heavy (non-hydrogen) atoms. The number of hydrogen-bond donors (Lipinski definition) is 0. The Balaban J connectivity index is 1.37. The number of ether oxygens (including phenoxy) is 15. The molecule has 2 amide bonds. The van der Waals surface area contributed by atoms with Gasteiger partial charge in [0, 0.05) is 53.8 Å². The number of imide groups is 1. The smallest absolute Gasteiger partial charge is 0.303 e. The maximum absolute atomic E-state index is 14.6. The number of nitrogens with zero attached hydrogens (tertiary/aromatic N) is 1. The van der Waals surface area contributed by atoms with E-state index < -0.39 is 159 Å². The molecule has 3 saturated heterocycles. The molecule has 444 valence electrons. The fraction of sp³-hybridized carbons (Fsp3) is 0.518. The summed E-state index contributed by atoms with van der Waals surface area (Å²) in [5, 5.41) is 0.286. The minimum Gasteiger partial charge on any atom is -0.463 e. The van der Waals surface area contributed by atoms with Crippen molar-refractivity contribution in [3.05, 3.63) is 107 Å². The van der Waals surface area contributed by atoms with Crippen LogP contribution in [0.5, 0.6) is 0 Å². The Morgan fingerprint density at radius 1 is 0.439 bits per heavy atom. The van der Waals surface area contributed by atoms with E-state index in [1.807, 2.05) is 30.3 Å². The zero-order valence-electron chi connectivity index (χ0n) is 45.8. The molecule has 15 atom stereocenters. The fourth-order valence-electron chi connectivity index (χ4n) is 9.80. The van der Waals surface area contributed by atoms with Gasteiger partial charge >= 0.3 is 41.8 Å². The van der Waals surface area contributed by atoms with E-state index in [-0.39, 0.29) is 42.9 Å². The van der Waals surface area contributed by atoms with E-state index in [4.69, 9.17) is 71.1 Å². The van der Waals surface area contributed by atoms with Crippen molar-refractivity contribution >= 4 is 69.5 Å². The van der Waals surface area contributed by atoms with Crippen molar-refractivity contribution in [2.24, 2.45) is 0 Å². The minimum absolute atomic E-state index is 0.00194. The zero-order chi connectivity index (χ0) is 59.2. The van der Waals surface area contributed by atoms with Gasteiger partial charge in [0.1, 0.15) is 55.9 Å². The standard InChI is InChI=1S/C56H64BrNO24/c1-29(59)70-27-41-45(73-31(3)61)48(74-32(4)62)50(76-34(6)64)56(79-41)82-46-42(28-71-30(2)60)80-55(51(77-35(7)65)49(46)75-33(5)63)81-44-40(26-68-24-36-16-10-8-11-17-36)78-54(69-23-22-57)43(47(44)72-25-37-18-12-9-13-19-37)58-52(66)38-20-14-15-21-39(38)53(58)67/h8-21,40-51,54-56H,22-28H2,1-7H3/t40-,41-,42-,43-,44-,45+,46+,47-,48+,49+,50-,51-,54-,55+,56-/m1/s1. The van der Waals surface area contributed by atoms with Crippen molar-refractivity contribution < 1.29 is 114 Å². The summed E-state index contributed by atoms with van der Waals surface area (Å²) in [6, 6.07) is 22.8. The molecule has 0 unspecified atom stereocenters. The number of alkyl halides is 1. The number of halogens is 1. The average Bonchev–Trinajstić information content (AvgIpc) is 2.24. The summed E-state index contributed by atoms with van der Waals surface area (Å²) in [5.74, 6) is -7.92. The Labute approximate surface area is 479 Å². The van der Waals surface area contributed by atoms with Crippen LogP contribution in [0.3, 0.4) is 0 Å². The van der Waals surface area contributed by atoms with Gasteiger partial charge < -0.3 is 71.1 Å². The van der Waals surface area contributed by atoms with Gasteiger partial charge in [-0.1, -0.05) is 88.7 Å². The van der Waals surface area contributed by atoms with Gasteiger partial charge in [0.2, 0.25) is 0 Å². The van der Waals surface area contributed by atoms with Crippen LogP contribution in [-0.2, 0) is 118 Å². The molecule has 3 aromatic rings. The third kappa shape index (κ3) is 16.3. The number of carbonyl (C=O) groups excluding carboxylic acids is 9. The number of esters is 7. The van der Waals surface area contributed by atoms with Crippen LogP contribution in [-0.4, -0.2) is 182 Å². The van der Waals surface area contributed by atoms with Crippen molar-refractivity contribution in [1.82, 2.24) is 4.90 Å². The number of rotatable bonds is 24. The van der Waals surface area contributed by atoms with E-state index in [2.05, 4.69) is 15.9 Å². The van der Waals surface area contributed by atoms with E-state index >= 15 is 0 Å². The normalized spacial score (nSPS) is 28.7. The maximum Gasteiger partial charge on any atom is 0.303 e. The van der Waals surface area contributed by atoms with Crippen LogP contribution < -0.4 is 0 Å². The van der Waals surface area contributed by atoms with Crippen LogP contribution in [0.1, 0.15) is 80.3 Å². The van der Waals surface area contributed by atoms with Gasteiger partial charge in [-0.3, -0.25) is 48.1 Å². The second-order valence-electron chi connectivity index (χ2n) is 19.1. The molecule has 4 heterocycles. The number of hydrogen-bond acceptors (Lipinski definition) is 24. The molecule has 3 fully saturated rings. The van der Waals surface area contributed by atoms with E-state index in [9.17, 15) is 43.2 Å². The van der Waals surface area contributed by atoms with E-state index in [0.29, 0.717) is 5.56 Å². The van der Waals surface area contributed by atoms with Gasteiger partial charge in [-0.2, -0.15) is 0 Å². The summed E-state index contributed by atoms with van der Waals surface area (Å²) in [6.45, 7) is 5.45. The largest absolute Gasteiger partial charge is 0.463 e. The molecule has 26 heteroatoms. The van der Waals surface area contributed by atoms with Crippen molar-refractivity contribution in [3.63, 3.8) is 0 Å². The summed E-state index contributed by atoms with van der Waals surface area (Å²) in [4.78, 5) is 120. The van der Waals surface area contributed by atoms with E-state index in [1.165, 1.54) is 12.1 Å². The number of amides is 2. The minimum atomic E-state index is -1.96. The van der Waals surface area contributed by atoms with Crippen molar-refractivity contribution in [1.29, 1.82) is 0 Å². The Morgan fingerprint density at radius 3 is 1.29 bits per heavy atom. The molecule has 3 aromatic carbocycles. The Kier molecular flexibility index (Phi) is 22.6. The first-order chi connectivity index (χ1) is 39.2. The lowest BCUT2D eigenvalue weighted by atomic mass is 9.93. The SMILES string of the molecule is CC(=O)OC[C@H]1O[C@H](O[C@@H]2[C@H](OC(C)=O)[C@@H](OC(C)=O)[C@H](O[C@H]3[C@H](OCc4ccccc4)[C@@H](N4C(=O)c5ccccc5C4=O)[C@H](OCCBr)O[C@@H]3COCc3ccccc3)O[C@@H]2COC(C)=O)[C@H](OC(C)=O)[C@@H](OC(C)=O)[C@H]1OC(C)=O. The lowest BCUT2D eigenvalue weighted by Crippen LogP contribution is -2.70. The van der Waals surface area contributed by atoms with Gasteiger partial charge in [0.25, 0.3) is 11.8 Å². The molecule has 7 rings (SSSR count). The molecule has 0 saturated carbocycles. The van der Waals surface area contributed by atoms with E-state index in [0.717, 1.165) is 58.9 Å². The third-order valence-corrected chi connectivity index (χ3v) is 13.3. The number of carbonyl (C=O) groups is 9. The highest BCUT2D eigenvalue weighted by Gasteiger charge is 2.61. The van der Waals surface area contributed by atoms with Gasteiger partial charge in [-0.05, 0) is 23.3 Å². The summed E-state index contributed by atoms with van der Waals surface area (Å²) in [7, 11) is 0. The van der Waals surface area contributed by atoms with Crippen LogP contribution in [0.25, 0.3) is 0 Å². The van der Waals surface area contributed by atoms with Gasteiger partial charge in [-0.15, -0.1) is 0 Å². The molecule has 0 spiro atoms. The van der Waals surface area contributed by atoms with Crippen LogP contribution in [0.4, 0.5) is 0 Å². The molecule has 0 aliphatic carbocycles. The predicted molar refractivity (Wildman–Crippen MR) is 278 cm³/mol. The molecule has 0 aromatic heterocycles. The first kappa shape index (κ1) is 62.8. The summed E-state index contributed by atoms with van der Waals surface area (Å²) >= 11 is 3.40. The lowest BCUT2D eigenvalue weighted by molar-refractivity contribution is -0.378. The monoisotopic (exact) mass is 1210 g/mol. The highest BCUT2D eigenvalue weighted by Crippen LogP contribution is 2.40. The first-order valence-electron chi connectivity index (χ1n) is 26.1. The molecule has 0 bridgehead atoms. The van der Waals surface area contributed by atoms with Crippen molar-refractivity contribution in [2.45, 2.75) is 154 Å². The lowest BCUT2D eigenvalue weighted by Gasteiger charge is -2.51. The number of fused-ring (bicyclic) bond motifs is 1. The molecule has 4 aliphatic rings. The molecule has 0 radical (unpaired) electrons. The second-order valence-corrected chi connectivity index (χ2v) is 19.9. The van der Waals surface area contributed by atoms with Gasteiger partial charge in [-0.25, -0.2) is 0 Å². The van der Waals surface area contributed by atoms with Crippen LogP contribution in [0.2, 0.25) is 0 Å². The number of benzene rings is 3. The van der Waals surface area contributed by atoms with Crippen LogP contribution in [0.15, 0.2) is 84.9 Å². The van der Waals surface area contributed by atoms with E-state index in [1.54, 1.807) is 42.5 Å². The Morgan fingerprint density at radius 2 is 0.829 bits per heavy atom. The van der Waals surface area contributed by atoms with Gasteiger partial charge in [0.05, 0.1) is 37.6 Å². The summed E-state index contributed by atoms with van der Waals surface area (Å²) in [6.07, 6.45) is -23.6. The predicted octanol–water partition coefficient (Wildman–Crippen LogP) is 3.59. The zero-order valence-corrected chi connectivity index (χ0v) is 47.4. The highest BCUT2D eigenvalue weighted by atomic mass is 79.9. The fourth-order valence-corrected chi connectivity index (χ4v) is 9.99. The molecular formula is C56H64BrNO24. The Bertz CT molecular complexity index is 2700. The molecule has 4 aliphatic heterocycles.